The molecule has 0 unspecified atom stereocenters. The van der Waals surface area contributed by atoms with Crippen LogP contribution in [0.5, 0.6) is 11.5 Å². The van der Waals surface area contributed by atoms with E-state index in [1.54, 1.807) is 62.6 Å². The Morgan fingerprint density at radius 3 is 2.73 bits per heavy atom. The summed E-state index contributed by atoms with van der Waals surface area (Å²) in [5, 5.41) is 7.21. The molecule has 2 aromatic carbocycles. The number of halogens is 1. The SMILES string of the molecule is COc1cccc(NC(=O)c2noc(C)c2COc2cccc(Cl)c2)c1. The monoisotopic (exact) mass is 372 g/mol. The molecule has 0 spiro atoms. The first-order valence-electron chi connectivity index (χ1n) is 7.85. The van der Waals surface area contributed by atoms with Gasteiger partial charge >= 0.3 is 0 Å². The van der Waals surface area contributed by atoms with Gasteiger partial charge in [0.15, 0.2) is 5.69 Å². The third-order valence-electron chi connectivity index (χ3n) is 3.71. The summed E-state index contributed by atoms with van der Waals surface area (Å²) >= 11 is 5.95. The first-order valence-corrected chi connectivity index (χ1v) is 8.23. The number of ether oxygens (including phenoxy) is 2. The zero-order valence-corrected chi connectivity index (χ0v) is 15.0. The van der Waals surface area contributed by atoms with Gasteiger partial charge in [0, 0.05) is 16.8 Å². The van der Waals surface area contributed by atoms with Crippen LogP contribution < -0.4 is 14.8 Å². The van der Waals surface area contributed by atoms with E-state index in [9.17, 15) is 4.79 Å². The summed E-state index contributed by atoms with van der Waals surface area (Å²) in [4.78, 5) is 12.6. The maximum Gasteiger partial charge on any atom is 0.278 e. The number of nitrogens with one attached hydrogen (secondary N) is 1. The number of aryl methyl sites for hydroxylation is 1. The Morgan fingerprint density at radius 2 is 1.96 bits per heavy atom. The van der Waals surface area contributed by atoms with Crippen molar-refractivity contribution >= 4 is 23.2 Å². The Balaban J connectivity index is 1.75. The quantitative estimate of drug-likeness (QED) is 0.690. The highest BCUT2D eigenvalue weighted by Gasteiger charge is 2.20. The maximum absolute atomic E-state index is 12.6. The van der Waals surface area contributed by atoms with Crippen LogP contribution in [0.1, 0.15) is 21.8 Å². The highest BCUT2D eigenvalue weighted by atomic mass is 35.5. The molecule has 6 nitrogen and oxygen atoms in total. The molecule has 0 atom stereocenters. The summed E-state index contributed by atoms with van der Waals surface area (Å²) in [5.41, 5.74) is 1.34. The Morgan fingerprint density at radius 1 is 1.19 bits per heavy atom. The van der Waals surface area contributed by atoms with Crippen LogP contribution in [-0.2, 0) is 6.61 Å². The van der Waals surface area contributed by atoms with Crippen molar-refractivity contribution in [3.63, 3.8) is 0 Å². The molecule has 0 saturated carbocycles. The smallest absolute Gasteiger partial charge is 0.278 e. The predicted octanol–water partition coefficient (Wildman–Crippen LogP) is 4.48. The number of aromatic nitrogens is 1. The van der Waals surface area contributed by atoms with Gasteiger partial charge in [-0.25, -0.2) is 0 Å². The average Bonchev–Trinajstić information content (AvgIpc) is 3.01. The molecule has 0 fully saturated rings. The summed E-state index contributed by atoms with van der Waals surface area (Å²) in [6.07, 6.45) is 0. The van der Waals surface area contributed by atoms with Gasteiger partial charge in [-0.15, -0.1) is 0 Å². The number of anilines is 1. The lowest BCUT2D eigenvalue weighted by Gasteiger charge is -2.08. The lowest BCUT2D eigenvalue weighted by molar-refractivity contribution is 0.101. The molecule has 3 rings (SSSR count). The largest absolute Gasteiger partial charge is 0.497 e. The Labute approximate surface area is 155 Å². The number of benzene rings is 2. The van der Waals surface area contributed by atoms with Gasteiger partial charge in [0.2, 0.25) is 0 Å². The Kier molecular flexibility index (Phi) is 5.43. The zero-order chi connectivity index (χ0) is 18.5. The van der Waals surface area contributed by atoms with Crippen molar-refractivity contribution < 1.29 is 18.8 Å². The molecule has 1 N–H and O–H groups in total. The second-order valence-electron chi connectivity index (χ2n) is 5.50. The molecule has 3 aromatic rings. The molecule has 0 aliphatic rings. The summed E-state index contributed by atoms with van der Waals surface area (Å²) in [7, 11) is 1.56. The predicted molar refractivity (Wildman–Crippen MR) is 98.0 cm³/mol. The highest BCUT2D eigenvalue weighted by Crippen LogP contribution is 2.22. The number of rotatable bonds is 6. The van der Waals surface area contributed by atoms with Crippen molar-refractivity contribution in [3.8, 4) is 11.5 Å². The van der Waals surface area contributed by atoms with Gasteiger partial charge in [0.25, 0.3) is 5.91 Å². The molecular formula is C19H17ClN2O4. The van der Waals surface area contributed by atoms with Crippen molar-refractivity contribution in [2.24, 2.45) is 0 Å². The fourth-order valence-electron chi connectivity index (χ4n) is 2.34. The molecule has 7 heteroatoms. The Bertz CT molecular complexity index is 923. The fourth-order valence-corrected chi connectivity index (χ4v) is 2.52. The van der Waals surface area contributed by atoms with E-state index in [1.165, 1.54) is 0 Å². The van der Waals surface area contributed by atoms with E-state index in [-0.39, 0.29) is 18.2 Å². The van der Waals surface area contributed by atoms with Gasteiger partial charge < -0.3 is 19.3 Å². The van der Waals surface area contributed by atoms with Crippen molar-refractivity contribution in [2.45, 2.75) is 13.5 Å². The molecule has 0 aliphatic heterocycles. The van der Waals surface area contributed by atoms with E-state index < -0.39 is 0 Å². The van der Waals surface area contributed by atoms with E-state index >= 15 is 0 Å². The van der Waals surface area contributed by atoms with Crippen LogP contribution in [0.15, 0.2) is 53.1 Å². The number of methoxy groups -OCH3 is 1. The molecule has 1 heterocycles. The molecule has 134 valence electrons. The standard InChI is InChI=1S/C19H17ClN2O4/c1-12-17(11-25-16-8-3-5-13(20)9-16)18(22-26-12)19(23)21-14-6-4-7-15(10-14)24-2/h3-10H,11H2,1-2H3,(H,21,23). The van der Waals surface area contributed by atoms with Crippen LogP contribution in [0.3, 0.4) is 0 Å². The van der Waals surface area contributed by atoms with E-state index in [0.29, 0.717) is 33.5 Å². The van der Waals surface area contributed by atoms with Crippen LogP contribution in [0, 0.1) is 6.92 Å². The van der Waals surface area contributed by atoms with Gasteiger partial charge in [0.1, 0.15) is 23.9 Å². The lowest BCUT2D eigenvalue weighted by atomic mass is 10.2. The molecule has 0 radical (unpaired) electrons. The molecule has 0 bridgehead atoms. The Hall–Kier alpha value is -2.99. The lowest BCUT2D eigenvalue weighted by Crippen LogP contribution is -2.15. The maximum atomic E-state index is 12.6. The second-order valence-corrected chi connectivity index (χ2v) is 5.93. The van der Waals surface area contributed by atoms with Crippen molar-refractivity contribution in [1.29, 1.82) is 0 Å². The number of hydrogen-bond acceptors (Lipinski definition) is 5. The third kappa shape index (κ3) is 4.15. The topological polar surface area (TPSA) is 73.6 Å². The van der Waals surface area contributed by atoms with Crippen molar-refractivity contribution in [3.05, 3.63) is 70.6 Å². The van der Waals surface area contributed by atoms with Crippen LogP contribution in [0.25, 0.3) is 0 Å². The third-order valence-corrected chi connectivity index (χ3v) is 3.94. The first-order chi connectivity index (χ1) is 12.6. The molecule has 1 aromatic heterocycles. The van der Waals surface area contributed by atoms with Crippen LogP contribution in [0.4, 0.5) is 5.69 Å². The second kappa shape index (κ2) is 7.93. The van der Waals surface area contributed by atoms with Crippen LogP contribution in [0.2, 0.25) is 5.02 Å². The summed E-state index contributed by atoms with van der Waals surface area (Å²) < 4.78 is 16.0. The van der Waals surface area contributed by atoms with Gasteiger partial charge in [-0.3, -0.25) is 4.79 Å². The summed E-state index contributed by atoms with van der Waals surface area (Å²) in [6, 6.07) is 14.1. The normalized spacial score (nSPS) is 10.4. The molecule has 0 aliphatic carbocycles. The van der Waals surface area contributed by atoms with E-state index in [0.717, 1.165) is 0 Å². The van der Waals surface area contributed by atoms with Gasteiger partial charge in [-0.2, -0.15) is 0 Å². The van der Waals surface area contributed by atoms with E-state index in [2.05, 4.69) is 10.5 Å². The summed E-state index contributed by atoms with van der Waals surface area (Å²) in [6.45, 7) is 1.86. The highest BCUT2D eigenvalue weighted by molar-refractivity contribution is 6.30. The van der Waals surface area contributed by atoms with Crippen molar-refractivity contribution in [1.82, 2.24) is 5.16 Å². The summed E-state index contributed by atoms with van der Waals surface area (Å²) in [5.74, 6) is 1.36. The first kappa shape index (κ1) is 17.8. The zero-order valence-electron chi connectivity index (χ0n) is 14.3. The van der Waals surface area contributed by atoms with Gasteiger partial charge in [-0.1, -0.05) is 28.9 Å². The number of carbonyl (C=O) groups is 1. The minimum Gasteiger partial charge on any atom is -0.497 e. The number of hydrogen-bond donors (Lipinski definition) is 1. The number of amides is 1. The van der Waals surface area contributed by atoms with E-state index in [1.807, 2.05) is 0 Å². The number of carbonyl (C=O) groups excluding carboxylic acids is 1. The molecule has 1 amide bonds. The van der Waals surface area contributed by atoms with Crippen LogP contribution >= 0.6 is 11.6 Å². The van der Waals surface area contributed by atoms with E-state index in [4.69, 9.17) is 25.6 Å². The molecular weight excluding hydrogens is 356 g/mol. The molecule has 0 saturated heterocycles. The number of nitrogens with zero attached hydrogens (tertiary/aromatic N) is 1. The van der Waals surface area contributed by atoms with Gasteiger partial charge in [0.05, 0.1) is 12.7 Å². The minimum atomic E-state index is -0.389. The van der Waals surface area contributed by atoms with Crippen LogP contribution in [-0.4, -0.2) is 18.2 Å². The van der Waals surface area contributed by atoms with Gasteiger partial charge in [-0.05, 0) is 37.3 Å². The fraction of sp³-hybridized carbons (Fsp3) is 0.158. The minimum absolute atomic E-state index is 0.135. The average molecular weight is 373 g/mol. The van der Waals surface area contributed by atoms with Crippen molar-refractivity contribution in [2.75, 3.05) is 12.4 Å². The molecule has 26 heavy (non-hydrogen) atoms.